The average molecular weight is 178 g/mol. The molecule has 0 bridgehead atoms. The predicted molar refractivity (Wildman–Crippen MR) is 53.4 cm³/mol. The van der Waals surface area contributed by atoms with Gasteiger partial charge in [-0.1, -0.05) is 12.5 Å². The minimum absolute atomic E-state index is 0.448. The normalized spacial score (nSPS) is 34.8. The number of carbonyl (C=O) groups excluding carboxylic acids is 1. The number of hydrogen-bond donors (Lipinski definition) is 0. The van der Waals surface area contributed by atoms with Gasteiger partial charge in [0.1, 0.15) is 0 Å². The number of Topliss-reactive ketones (excluding diaryl/α,β-unsaturated/α-hetero) is 1. The van der Waals surface area contributed by atoms with Crippen LogP contribution in [0.2, 0.25) is 0 Å². The third-order valence-electron chi connectivity index (χ3n) is 3.71. The lowest BCUT2D eigenvalue weighted by Crippen LogP contribution is -2.13. The first kappa shape index (κ1) is 8.98. The number of carbonyl (C=O) groups is 1. The van der Waals surface area contributed by atoms with Crippen molar-refractivity contribution in [3.8, 4) is 0 Å². The van der Waals surface area contributed by atoms with E-state index in [2.05, 4.69) is 13.8 Å². The third kappa shape index (κ3) is 1.45. The van der Waals surface area contributed by atoms with E-state index >= 15 is 0 Å². The molecule has 2 atom stereocenters. The van der Waals surface area contributed by atoms with Gasteiger partial charge in [0.25, 0.3) is 0 Å². The molecule has 1 saturated carbocycles. The highest BCUT2D eigenvalue weighted by Gasteiger charge is 2.33. The van der Waals surface area contributed by atoms with E-state index in [4.69, 9.17) is 0 Å². The molecule has 0 spiro atoms. The van der Waals surface area contributed by atoms with Crippen molar-refractivity contribution in [2.75, 3.05) is 0 Å². The van der Waals surface area contributed by atoms with Gasteiger partial charge in [-0.3, -0.25) is 4.79 Å². The van der Waals surface area contributed by atoms with Crippen molar-refractivity contribution >= 4 is 5.78 Å². The van der Waals surface area contributed by atoms with E-state index in [0.717, 1.165) is 25.2 Å². The van der Waals surface area contributed by atoms with Gasteiger partial charge < -0.3 is 0 Å². The molecule has 0 radical (unpaired) electrons. The lowest BCUT2D eigenvalue weighted by molar-refractivity contribution is -0.115. The van der Waals surface area contributed by atoms with Crippen molar-refractivity contribution in [2.45, 2.75) is 46.0 Å². The molecule has 1 nitrogen and oxygen atoms in total. The number of rotatable bonds is 0. The Balaban J connectivity index is 2.33. The fourth-order valence-electron chi connectivity index (χ4n) is 2.90. The third-order valence-corrected chi connectivity index (χ3v) is 3.71. The second-order valence-electron chi connectivity index (χ2n) is 4.63. The smallest absolute Gasteiger partial charge is 0.159 e. The first-order chi connectivity index (χ1) is 6.20. The van der Waals surface area contributed by atoms with E-state index in [1.807, 2.05) is 0 Å². The highest BCUT2D eigenvalue weighted by molar-refractivity contribution is 5.97. The van der Waals surface area contributed by atoms with Gasteiger partial charge in [0.05, 0.1) is 0 Å². The van der Waals surface area contributed by atoms with Crippen LogP contribution in [0, 0.1) is 11.8 Å². The molecule has 1 fully saturated rings. The maximum absolute atomic E-state index is 11.8. The molecule has 1 heteroatoms. The van der Waals surface area contributed by atoms with Gasteiger partial charge in [0.15, 0.2) is 5.78 Å². The Kier molecular flexibility index (Phi) is 2.27. The monoisotopic (exact) mass is 178 g/mol. The van der Waals surface area contributed by atoms with Crippen LogP contribution in [0.25, 0.3) is 0 Å². The van der Waals surface area contributed by atoms with Crippen LogP contribution in [0.15, 0.2) is 11.1 Å². The van der Waals surface area contributed by atoms with Crippen LogP contribution in [-0.4, -0.2) is 5.78 Å². The molecule has 0 N–H and O–H groups in total. The van der Waals surface area contributed by atoms with Crippen LogP contribution in [0.5, 0.6) is 0 Å². The van der Waals surface area contributed by atoms with Gasteiger partial charge in [0.2, 0.25) is 0 Å². The molecule has 0 amide bonds. The Morgan fingerprint density at radius 1 is 1.23 bits per heavy atom. The topological polar surface area (TPSA) is 17.1 Å². The van der Waals surface area contributed by atoms with Crippen LogP contribution in [-0.2, 0) is 4.79 Å². The lowest BCUT2D eigenvalue weighted by atomic mass is 9.86. The number of ketones is 1. The summed E-state index contributed by atoms with van der Waals surface area (Å²) in [4.78, 5) is 11.8. The summed E-state index contributed by atoms with van der Waals surface area (Å²) < 4.78 is 0. The van der Waals surface area contributed by atoms with E-state index in [0.29, 0.717) is 11.7 Å². The van der Waals surface area contributed by atoms with E-state index in [1.54, 1.807) is 0 Å². The lowest BCUT2D eigenvalue weighted by Gasteiger charge is -2.17. The molecular weight excluding hydrogens is 160 g/mol. The summed E-state index contributed by atoms with van der Waals surface area (Å²) in [6.07, 6.45) is 5.54. The molecule has 0 aromatic rings. The molecule has 2 aliphatic rings. The van der Waals surface area contributed by atoms with Crippen molar-refractivity contribution in [3.63, 3.8) is 0 Å². The molecule has 0 unspecified atom stereocenters. The van der Waals surface area contributed by atoms with Crippen molar-refractivity contribution in [1.29, 1.82) is 0 Å². The van der Waals surface area contributed by atoms with E-state index in [9.17, 15) is 4.79 Å². The minimum Gasteiger partial charge on any atom is -0.295 e. The quantitative estimate of drug-likeness (QED) is 0.557. The van der Waals surface area contributed by atoms with Crippen LogP contribution >= 0.6 is 0 Å². The summed E-state index contributed by atoms with van der Waals surface area (Å²) >= 11 is 0. The fourth-order valence-corrected chi connectivity index (χ4v) is 2.90. The summed E-state index contributed by atoms with van der Waals surface area (Å²) in [5, 5.41) is 0. The van der Waals surface area contributed by atoms with E-state index in [1.165, 1.54) is 24.0 Å². The van der Waals surface area contributed by atoms with E-state index < -0.39 is 0 Å². The van der Waals surface area contributed by atoms with Crippen molar-refractivity contribution in [3.05, 3.63) is 11.1 Å². The summed E-state index contributed by atoms with van der Waals surface area (Å²) in [7, 11) is 0. The molecule has 13 heavy (non-hydrogen) atoms. The van der Waals surface area contributed by atoms with Gasteiger partial charge in [-0.25, -0.2) is 0 Å². The highest BCUT2D eigenvalue weighted by atomic mass is 16.1. The zero-order valence-corrected chi connectivity index (χ0v) is 8.60. The van der Waals surface area contributed by atoms with Crippen molar-refractivity contribution in [2.24, 2.45) is 11.8 Å². The molecule has 2 rings (SSSR count). The molecule has 0 aromatic heterocycles. The van der Waals surface area contributed by atoms with Gasteiger partial charge in [0, 0.05) is 6.42 Å². The zero-order chi connectivity index (χ0) is 9.42. The highest BCUT2D eigenvalue weighted by Crippen LogP contribution is 2.41. The zero-order valence-electron chi connectivity index (χ0n) is 8.60. The summed E-state index contributed by atoms with van der Waals surface area (Å²) in [6, 6.07) is 0. The molecule has 0 aromatic carbocycles. The van der Waals surface area contributed by atoms with Crippen molar-refractivity contribution < 1.29 is 4.79 Å². The molecule has 72 valence electrons. The van der Waals surface area contributed by atoms with Crippen LogP contribution in [0.1, 0.15) is 46.0 Å². The molecular formula is C12H18O. The first-order valence-electron chi connectivity index (χ1n) is 5.43. The van der Waals surface area contributed by atoms with Gasteiger partial charge in [-0.15, -0.1) is 0 Å². The standard InChI is InChI=1S/C12H18O/c1-8-4-3-5-11(13)12-9(2)6-7-10(8)12/h8,10H,3-7H2,1-2H3/t8-,10-/m1/s1. The van der Waals surface area contributed by atoms with Crippen LogP contribution in [0.4, 0.5) is 0 Å². The Bertz CT molecular complexity index is 262. The SMILES string of the molecule is CC1=C2C(=O)CCC[C@@H](C)[C@H]2CC1. The van der Waals surface area contributed by atoms with Crippen molar-refractivity contribution in [1.82, 2.24) is 0 Å². The number of hydrogen-bond acceptors (Lipinski definition) is 1. The Morgan fingerprint density at radius 3 is 2.77 bits per heavy atom. The van der Waals surface area contributed by atoms with Crippen LogP contribution < -0.4 is 0 Å². The molecule has 0 aliphatic heterocycles. The number of fused-ring (bicyclic) bond motifs is 1. The second kappa shape index (κ2) is 3.28. The Labute approximate surface area is 80.2 Å². The predicted octanol–water partition coefficient (Wildman–Crippen LogP) is 3.10. The molecule has 2 aliphatic carbocycles. The Hall–Kier alpha value is -0.590. The summed E-state index contributed by atoms with van der Waals surface area (Å²) in [5.41, 5.74) is 2.59. The second-order valence-corrected chi connectivity index (χ2v) is 4.63. The molecule has 0 saturated heterocycles. The van der Waals surface area contributed by atoms with Crippen LogP contribution in [0.3, 0.4) is 0 Å². The van der Waals surface area contributed by atoms with E-state index in [-0.39, 0.29) is 0 Å². The van der Waals surface area contributed by atoms with Gasteiger partial charge >= 0.3 is 0 Å². The fraction of sp³-hybridized carbons (Fsp3) is 0.750. The summed E-state index contributed by atoms with van der Waals surface area (Å²) in [6.45, 7) is 4.45. The maximum atomic E-state index is 11.8. The average Bonchev–Trinajstić information content (AvgIpc) is 2.40. The molecule has 0 heterocycles. The minimum atomic E-state index is 0.448. The maximum Gasteiger partial charge on any atom is 0.159 e. The van der Waals surface area contributed by atoms with Gasteiger partial charge in [-0.05, 0) is 50.0 Å². The largest absolute Gasteiger partial charge is 0.295 e. The summed E-state index contributed by atoms with van der Waals surface area (Å²) in [5.74, 6) is 1.79. The first-order valence-corrected chi connectivity index (χ1v) is 5.43. The Morgan fingerprint density at radius 2 is 2.00 bits per heavy atom. The number of allylic oxidation sites excluding steroid dienone is 2. The van der Waals surface area contributed by atoms with Gasteiger partial charge in [-0.2, -0.15) is 0 Å².